The molecule has 2 atom stereocenters. The van der Waals surface area contributed by atoms with Crippen LogP contribution in [0.1, 0.15) is 43.7 Å². The van der Waals surface area contributed by atoms with Crippen LogP contribution in [0.5, 0.6) is 11.5 Å². The van der Waals surface area contributed by atoms with Crippen LogP contribution in [0.15, 0.2) is 46.6 Å². The van der Waals surface area contributed by atoms with Crippen LogP contribution >= 0.6 is 15.9 Å². The summed E-state index contributed by atoms with van der Waals surface area (Å²) in [5.41, 5.74) is 2.94. The van der Waals surface area contributed by atoms with Crippen molar-refractivity contribution in [2.24, 2.45) is 17.8 Å². The van der Waals surface area contributed by atoms with Gasteiger partial charge < -0.3 is 14.6 Å². The van der Waals surface area contributed by atoms with Crippen LogP contribution in [0.3, 0.4) is 0 Å². The number of aliphatic hydroxyl groups excluding tert-OH is 1. The SMILES string of the molecule is CCc1ccc(Oc2ccc(Br)cc2F)cc1C1=C(O)C2C(OC1)[C@H]1CC[C@@H]2CC1. The van der Waals surface area contributed by atoms with E-state index in [0.717, 1.165) is 23.1 Å². The van der Waals surface area contributed by atoms with Crippen molar-refractivity contribution in [3.05, 3.63) is 63.6 Å². The Morgan fingerprint density at radius 2 is 1.87 bits per heavy atom. The number of aryl methyl sites for hydroxylation is 1. The Kier molecular flexibility index (Phi) is 5.36. The van der Waals surface area contributed by atoms with E-state index < -0.39 is 5.82 Å². The predicted octanol–water partition coefficient (Wildman–Crippen LogP) is 7.05. The van der Waals surface area contributed by atoms with Gasteiger partial charge in [0.05, 0.1) is 12.7 Å². The zero-order valence-corrected chi connectivity index (χ0v) is 18.6. The molecular formula is C25H26BrFO3. The molecule has 3 fully saturated rings. The molecule has 0 aromatic heterocycles. The number of rotatable bonds is 4. The first-order valence-electron chi connectivity index (χ1n) is 10.8. The lowest BCUT2D eigenvalue weighted by Crippen LogP contribution is -2.48. The van der Waals surface area contributed by atoms with Gasteiger partial charge in [0.25, 0.3) is 0 Å². The van der Waals surface area contributed by atoms with E-state index in [0.29, 0.717) is 34.4 Å². The van der Waals surface area contributed by atoms with E-state index in [9.17, 15) is 9.50 Å². The second-order valence-corrected chi connectivity index (χ2v) is 9.61. The van der Waals surface area contributed by atoms with Crippen LogP contribution in [0, 0.1) is 23.6 Å². The summed E-state index contributed by atoms with van der Waals surface area (Å²) in [6.07, 6.45) is 5.79. The van der Waals surface area contributed by atoms with Crippen molar-refractivity contribution in [2.45, 2.75) is 45.1 Å². The standard InChI is InChI=1S/C25H26BrFO3/c1-2-14-7-9-18(30-22-10-8-17(26)11-21(22)27)12-19(14)20-13-29-25-16-5-3-15(4-6-16)23(25)24(20)28/h7-12,15-16,23,25,28H,2-6,13H2,1H3/t15-,16+,23?,25?. The van der Waals surface area contributed by atoms with Gasteiger partial charge in [0, 0.05) is 16.0 Å². The van der Waals surface area contributed by atoms with Crippen LogP contribution in [0.25, 0.3) is 5.57 Å². The van der Waals surface area contributed by atoms with Crippen molar-refractivity contribution >= 4 is 21.5 Å². The Balaban J connectivity index is 1.51. The van der Waals surface area contributed by atoms with E-state index in [1.165, 1.54) is 31.7 Å². The van der Waals surface area contributed by atoms with Crippen molar-refractivity contribution in [3.8, 4) is 11.5 Å². The van der Waals surface area contributed by atoms with E-state index in [-0.39, 0.29) is 17.8 Å². The minimum Gasteiger partial charge on any atom is -0.512 e. The van der Waals surface area contributed by atoms with Crippen molar-refractivity contribution < 1.29 is 19.0 Å². The van der Waals surface area contributed by atoms with Gasteiger partial charge in [-0.2, -0.15) is 0 Å². The molecule has 6 rings (SSSR count). The lowest BCUT2D eigenvalue weighted by molar-refractivity contribution is -0.0972. The average molecular weight is 473 g/mol. The third-order valence-electron chi connectivity index (χ3n) is 7.10. The molecule has 1 heterocycles. The second kappa shape index (κ2) is 8.01. The van der Waals surface area contributed by atoms with Gasteiger partial charge in [-0.3, -0.25) is 0 Å². The first-order valence-corrected chi connectivity index (χ1v) is 11.6. The Labute approximate surface area is 185 Å². The van der Waals surface area contributed by atoms with Crippen LogP contribution in [-0.4, -0.2) is 17.8 Å². The van der Waals surface area contributed by atoms with E-state index in [1.54, 1.807) is 12.1 Å². The maximum atomic E-state index is 14.2. The van der Waals surface area contributed by atoms with Crippen molar-refractivity contribution in [2.75, 3.05) is 6.61 Å². The normalized spacial score (nSPS) is 27.8. The quantitative estimate of drug-likeness (QED) is 0.517. The summed E-state index contributed by atoms with van der Waals surface area (Å²) in [6.45, 7) is 2.51. The molecule has 2 aromatic carbocycles. The van der Waals surface area contributed by atoms with E-state index in [1.807, 2.05) is 18.2 Å². The number of ether oxygens (including phenoxy) is 2. The third-order valence-corrected chi connectivity index (χ3v) is 7.59. The fourth-order valence-corrected chi connectivity index (χ4v) is 5.91. The molecular weight excluding hydrogens is 447 g/mol. The molecule has 0 spiro atoms. The van der Waals surface area contributed by atoms with Gasteiger partial charge in [0.15, 0.2) is 11.6 Å². The van der Waals surface area contributed by atoms with E-state index in [2.05, 4.69) is 22.9 Å². The van der Waals surface area contributed by atoms with Gasteiger partial charge in [-0.15, -0.1) is 0 Å². The van der Waals surface area contributed by atoms with Crippen LogP contribution in [0.4, 0.5) is 4.39 Å². The highest BCUT2D eigenvalue weighted by molar-refractivity contribution is 9.10. The highest BCUT2D eigenvalue weighted by Gasteiger charge is 2.48. The molecule has 4 aliphatic rings. The Morgan fingerprint density at radius 3 is 2.60 bits per heavy atom. The topological polar surface area (TPSA) is 38.7 Å². The zero-order valence-electron chi connectivity index (χ0n) is 17.0. The van der Waals surface area contributed by atoms with E-state index >= 15 is 0 Å². The fraction of sp³-hybridized carbons (Fsp3) is 0.440. The molecule has 0 radical (unpaired) electrons. The lowest BCUT2D eigenvalue weighted by atomic mass is 9.61. The molecule has 3 nitrogen and oxygen atoms in total. The molecule has 3 saturated carbocycles. The Morgan fingerprint density at radius 1 is 1.10 bits per heavy atom. The Bertz CT molecular complexity index is 994. The summed E-state index contributed by atoms with van der Waals surface area (Å²) in [5.74, 6) is 2.00. The van der Waals surface area contributed by atoms with Gasteiger partial charge >= 0.3 is 0 Å². The predicted molar refractivity (Wildman–Crippen MR) is 118 cm³/mol. The molecule has 2 aromatic rings. The first-order chi connectivity index (χ1) is 14.5. The maximum Gasteiger partial charge on any atom is 0.166 e. The minimum atomic E-state index is -0.422. The smallest absolute Gasteiger partial charge is 0.166 e. The highest BCUT2D eigenvalue weighted by Crippen LogP contribution is 2.52. The van der Waals surface area contributed by atoms with Gasteiger partial charge in [-0.1, -0.05) is 28.9 Å². The van der Waals surface area contributed by atoms with Crippen molar-refractivity contribution in [1.29, 1.82) is 0 Å². The van der Waals surface area contributed by atoms with Crippen molar-refractivity contribution in [1.82, 2.24) is 0 Å². The number of hydrogen-bond donors (Lipinski definition) is 1. The number of halogens is 2. The van der Waals surface area contributed by atoms with Crippen LogP contribution in [-0.2, 0) is 11.2 Å². The first kappa shape index (κ1) is 20.1. The highest BCUT2D eigenvalue weighted by atomic mass is 79.9. The fourth-order valence-electron chi connectivity index (χ4n) is 5.58. The monoisotopic (exact) mass is 472 g/mol. The third kappa shape index (κ3) is 3.46. The lowest BCUT2D eigenvalue weighted by Gasteiger charge is -2.50. The number of fused-ring (bicyclic) bond motifs is 2. The summed E-state index contributed by atoms with van der Waals surface area (Å²) in [4.78, 5) is 0. The summed E-state index contributed by atoms with van der Waals surface area (Å²) in [5, 5.41) is 11.3. The maximum absolute atomic E-state index is 14.2. The largest absolute Gasteiger partial charge is 0.512 e. The summed E-state index contributed by atoms with van der Waals surface area (Å²) in [7, 11) is 0. The number of benzene rings is 2. The molecule has 1 aliphatic heterocycles. The minimum absolute atomic E-state index is 0.111. The van der Waals surface area contributed by atoms with Gasteiger partial charge in [0.1, 0.15) is 11.5 Å². The second-order valence-electron chi connectivity index (χ2n) is 8.69. The van der Waals surface area contributed by atoms with Gasteiger partial charge in [-0.25, -0.2) is 4.39 Å². The molecule has 30 heavy (non-hydrogen) atoms. The zero-order chi connectivity index (χ0) is 20.8. The molecule has 0 saturated heterocycles. The Hall–Kier alpha value is -1.85. The number of hydrogen-bond acceptors (Lipinski definition) is 3. The molecule has 3 aliphatic carbocycles. The van der Waals surface area contributed by atoms with Gasteiger partial charge in [0.2, 0.25) is 0 Å². The van der Waals surface area contributed by atoms with E-state index in [4.69, 9.17) is 9.47 Å². The number of aliphatic hydroxyl groups is 1. The van der Waals surface area contributed by atoms with Crippen LogP contribution < -0.4 is 4.74 Å². The summed E-state index contributed by atoms with van der Waals surface area (Å²) >= 11 is 3.27. The van der Waals surface area contributed by atoms with Crippen molar-refractivity contribution in [3.63, 3.8) is 0 Å². The molecule has 158 valence electrons. The average Bonchev–Trinajstić information content (AvgIpc) is 2.77. The molecule has 5 heteroatoms. The van der Waals surface area contributed by atoms with Gasteiger partial charge in [-0.05, 0) is 85.4 Å². The van der Waals surface area contributed by atoms with Crippen LogP contribution in [0.2, 0.25) is 0 Å². The summed E-state index contributed by atoms with van der Waals surface area (Å²) < 4.78 is 27.1. The molecule has 2 bridgehead atoms. The molecule has 2 unspecified atom stereocenters. The molecule has 1 N–H and O–H groups in total. The summed E-state index contributed by atoms with van der Waals surface area (Å²) in [6, 6.07) is 10.5. The molecule has 0 amide bonds.